The lowest BCUT2D eigenvalue weighted by molar-refractivity contribution is -0.148. The van der Waals surface area contributed by atoms with E-state index in [-0.39, 0.29) is 6.04 Å². The smallest absolute Gasteiger partial charge is 0.311 e. The highest BCUT2D eigenvalue weighted by molar-refractivity contribution is 5.75. The molecule has 88 valence electrons. The maximum absolute atomic E-state index is 11.2. The van der Waals surface area contributed by atoms with Crippen LogP contribution >= 0.6 is 0 Å². The molecule has 0 heterocycles. The zero-order valence-corrected chi connectivity index (χ0v) is 10.2. The van der Waals surface area contributed by atoms with Gasteiger partial charge in [-0.15, -0.1) is 0 Å². The van der Waals surface area contributed by atoms with Crippen LogP contribution in [0.4, 0.5) is 0 Å². The molecule has 0 aromatic heterocycles. The Bertz CT molecular complexity index is 385. The van der Waals surface area contributed by atoms with Crippen LogP contribution in [0, 0.1) is 12.3 Å². The number of benzene rings is 1. The molecule has 16 heavy (non-hydrogen) atoms. The lowest BCUT2D eigenvalue weighted by Gasteiger charge is -2.30. The van der Waals surface area contributed by atoms with Gasteiger partial charge in [0.1, 0.15) is 0 Å². The number of hydrogen-bond donors (Lipinski definition) is 2. The first-order valence-electron chi connectivity index (χ1n) is 5.37. The molecule has 0 aliphatic heterocycles. The third-order valence-corrected chi connectivity index (χ3v) is 2.94. The van der Waals surface area contributed by atoms with E-state index >= 15 is 0 Å². The van der Waals surface area contributed by atoms with Gasteiger partial charge >= 0.3 is 5.97 Å². The molecular weight excluding hydrogens is 202 g/mol. The van der Waals surface area contributed by atoms with Crippen LogP contribution in [-0.4, -0.2) is 18.1 Å². The Morgan fingerprint density at radius 2 is 2.06 bits per heavy atom. The van der Waals surface area contributed by atoms with E-state index in [0.29, 0.717) is 0 Å². The summed E-state index contributed by atoms with van der Waals surface area (Å²) in [6, 6.07) is 7.74. The number of carbonyl (C=O) groups is 1. The van der Waals surface area contributed by atoms with E-state index in [1.165, 1.54) is 0 Å². The fraction of sp³-hybridized carbons (Fsp3) is 0.462. The molecule has 3 nitrogen and oxygen atoms in total. The SMILES string of the molecule is CNC(c1cccc(C)c1)C(C)(C)C(=O)O. The molecule has 1 atom stereocenters. The summed E-state index contributed by atoms with van der Waals surface area (Å²) in [6.45, 7) is 5.47. The number of carboxylic acids is 1. The highest BCUT2D eigenvalue weighted by Gasteiger charge is 2.36. The number of rotatable bonds is 4. The van der Waals surface area contributed by atoms with Crippen LogP contribution in [0.2, 0.25) is 0 Å². The second-order valence-corrected chi connectivity index (χ2v) is 4.66. The fourth-order valence-electron chi connectivity index (χ4n) is 1.92. The van der Waals surface area contributed by atoms with E-state index < -0.39 is 11.4 Å². The van der Waals surface area contributed by atoms with Gasteiger partial charge in [0, 0.05) is 6.04 Å². The maximum atomic E-state index is 11.2. The summed E-state index contributed by atoms with van der Waals surface area (Å²) in [5, 5.41) is 12.3. The van der Waals surface area contributed by atoms with Crippen LogP contribution in [-0.2, 0) is 4.79 Å². The molecule has 1 rings (SSSR count). The molecule has 1 aromatic rings. The minimum atomic E-state index is -0.831. The predicted octanol–water partition coefficient (Wildman–Crippen LogP) is 2.37. The van der Waals surface area contributed by atoms with E-state index in [9.17, 15) is 9.90 Å². The number of aryl methyl sites for hydroxylation is 1. The molecule has 0 aliphatic carbocycles. The summed E-state index contributed by atoms with van der Waals surface area (Å²) < 4.78 is 0. The van der Waals surface area contributed by atoms with Crippen molar-refractivity contribution in [2.75, 3.05) is 7.05 Å². The first kappa shape index (κ1) is 12.7. The molecular formula is C13H19NO2. The van der Waals surface area contributed by atoms with Gasteiger partial charge < -0.3 is 10.4 Å². The predicted molar refractivity (Wildman–Crippen MR) is 64.4 cm³/mol. The van der Waals surface area contributed by atoms with Crippen molar-refractivity contribution in [3.63, 3.8) is 0 Å². The average molecular weight is 221 g/mol. The Kier molecular flexibility index (Phi) is 3.70. The summed E-state index contributed by atoms with van der Waals surface area (Å²) in [4.78, 5) is 11.2. The van der Waals surface area contributed by atoms with Gasteiger partial charge in [-0.05, 0) is 33.4 Å². The average Bonchev–Trinajstić information content (AvgIpc) is 2.18. The topological polar surface area (TPSA) is 49.3 Å². The van der Waals surface area contributed by atoms with Crippen LogP contribution in [0.5, 0.6) is 0 Å². The van der Waals surface area contributed by atoms with Gasteiger partial charge in [0.15, 0.2) is 0 Å². The standard InChI is InChI=1S/C13H19NO2/c1-9-6-5-7-10(8-9)11(14-4)13(2,3)12(15)16/h5-8,11,14H,1-4H3,(H,15,16). The first-order valence-corrected chi connectivity index (χ1v) is 5.37. The lowest BCUT2D eigenvalue weighted by atomic mass is 9.80. The molecule has 0 amide bonds. The largest absolute Gasteiger partial charge is 0.481 e. The van der Waals surface area contributed by atoms with Crippen molar-refractivity contribution in [3.8, 4) is 0 Å². The van der Waals surface area contributed by atoms with Gasteiger partial charge in [0.25, 0.3) is 0 Å². The molecule has 0 saturated heterocycles. The monoisotopic (exact) mass is 221 g/mol. The van der Waals surface area contributed by atoms with Gasteiger partial charge in [-0.1, -0.05) is 29.8 Å². The van der Waals surface area contributed by atoms with Gasteiger partial charge in [0.05, 0.1) is 5.41 Å². The number of hydrogen-bond acceptors (Lipinski definition) is 2. The van der Waals surface area contributed by atoms with Crippen molar-refractivity contribution < 1.29 is 9.90 Å². The maximum Gasteiger partial charge on any atom is 0.311 e. The second-order valence-electron chi connectivity index (χ2n) is 4.66. The normalized spacial score (nSPS) is 13.5. The zero-order chi connectivity index (χ0) is 12.3. The Hall–Kier alpha value is -1.35. The molecule has 0 spiro atoms. The summed E-state index contributed by atoms with van der Waals surface area (Å²) in [5.41, 5.74) is 1.32. The number of nitrogens with one attached hydrogen (secondary N) is 1. The first-order chi connectivity index (χ1) is 7.39. The van der Waals surface area contributed by atoms with Gasteiger partial charge in [-0.3, -0.25) is 4.79 Å². The highest BCUT2D eigenvalue weighted by atomic mass is 16.4. The highest BCUT2D eigenvalue weighted by Crippen LogP contribution is 2.33. The van der Waals surface area contributed by atoms with Crippen molar-refractivity contribution in [1.29, 1.82) is 0 Å². The fourth-order valence-corrected chi connectivity index (χ4v) is 1.92. The molecule has 0 bridgehead atoms. The molecule has 0 fully saturated rings. The minimum Gasteiger partial charge on any atom is -0.481 e. The second kappa shape index (κ2) is 4.66. The molecule has 2 N–H and O–H groups in total. The zero-order valence-electron chi connectivity index (χ0n) is 10.2. The van der Waals surface area contributed by atoms with Crippen LogP contribution < -0.4 is 5.32 Å². The van der Waals surface area contributed by atoms with Gasteiger partial charge in [-0.2, -0.15) is 0 Å². The third-order valence-electron chi connectivity index (χ3n) is 2.94. The molecule has 1 aromatic carbocycles. The van der Waals surface area contributed by atoms with E-state index in [1.807, 2.05) is 31.2 Å². The molecule has 0 aliphatic rings. The van der Waals surface area contributed by atoms with E-state index in [1.54, 1.807) is 20.9 Å². The van der Waals surface area contributed by atoms with Crippen LogP contribution in [0.3, 0.4) is 0 Å². The van der Waals surface area contributed by atoms with Crippen molar-refractivity contribution in [1.82, 2.24) is 5.32 Å². The molecule has 1 unspecified atom stereocenters. The summed E-state index contributed by atoms with van der Waals surface area (Å²) >= 11 is 0. The van der Waals surface area contributed by atoms with Crippen molar-refractivity contribution >= 4 is 5.97 Å². The van der Waals surface area contributed by atoms with Crippen molar-refractivity contribution in [2.24, 2.45) is 5.41 Å². The summed E-state index contributed by atoms with van der Waals surface area (Å²) in [6.07, 6.45) is 0. The third kappa shape index (κ3) is 2.42. The Balaban J connectivity index is 3.12. The summed E-state index contributed by atoms with van der Waals surface area (Å²) in [7, 11) is 1.79. The van der Waals surface area contributed by atoms with Crippen molar-refractivity contribution in [2.45, 2.75) is 26.8 Å². The Morgan fingerprint density at radius 1 is 1.44 bits per heavy atom. The van der Waals surface area contributed by atoms with Crippen LogP contribution in [0.1, 0.15) is 31.0 Å². The minimum absolute atomic E-state index is 0.190. The molecule has 3 heteroatoms. The van der Waals surface area contributed by atoms with E-state index in [0.717, 1.165) is 11.1 Å². The van der Waals surface area contributed by atoms with E-state index in [2.05, 4.69) is 5.32 Å². The number of carboxylic acid groups (broad SMARTS) is 1. The van der Waals surface area contributed by atoms with Gasteiger partial charge in [0.2, 0.25) is 0 Å². The lowest BCUT2D eigenvalue weighted by Crippen LogP contribution is -2.38. The summed E-state index contributed by atoms with van der Waals surface area (Å²) in [5.74, 6) is -0.798. The van der Waals surface area contributed by atoms with Crippen molar-refractivity contribution in [3.05, 3.63) is 35.4 Å². The van der Waals surface area contributed by atoms with Gasteiger partial charge in [-0.25, -0.2) is 0 Å². The van der Waals surface area contributed by atoms with Crippen LogP contribution in [0.25, 0.3) is 0 Å². The molecule has 0 radical (unpaired) electrons. The quantitative estimate of drug-likeness (QED) is 0.820. The molecule has 0 saturated carbocycles. The Labute approximate surface area is 96.5 Å². The van der Waals surface area contributed by atoms with Crippen LogP contribution in [0.15, 0.2) is 24.3 Å². The van der Waals surface area contributed by atoms with E-state index in [4.69, 9.17) is 0 Å². The Morgan fingerprint density at radius 3 is 2.50 bits per heavy atom. The number of aliphatic carboxylic acids is 1.